The molecule has 0 unspecified atom stereocenters. The van der Waals surface area contributed by atoms with E-state index in [1.54, 1.807) is 24.5 Å². The zero-order valence-electron chi connectivity index (χ0n) is 17.6. The molecule has 0 spiro atoms. The van der Waals surface area contributed by atoms with Crippen LogP contribution >= 0.6 is 11.8 Å². The summed E-state index contributed by atoms with van der Waals surface area (Å²) in [6.45, 7) is 2.04. The van der Waals surface area contributed by atoms with Crippen LogP contribution in [0.3, 0.4) is 0 Å². The van der Waals surface area contributed by atoms with Crippen LogP contribution in [0.2, 0.25) is 0 Å². The van der Waals surface area contributed by atoms with Crippen LogP contribution in [0.4, 0.5) is 0 Å². The topological polar surface area (TPSA) is 98.1 Å². The zero-order valence-corrected chi connectivity index (χ0v) is 19.3. The SMILES string of the molecule is Cc1ccccc1-n1c(SCCN2C(=O)c3ccccc3S2(=O)=O)nnc1-c1ccncc1. The molecule has 0 atom stereocenters. The minimum Gasteiger partial charge on any atom is -0.270 e. The fourth-order valence-corrected chi connectivity index (χ4v) is 6.31. The van der Waals surface area contributed by atoms with Crippen molar-refractivity contribution in [2.24, 2.45) is 0 Å². The van der Waals surface area contributed by atoms with Crippen molar-refractivity contribution in [3.8, 4) is 17.1 Å². The Hall–Kier alpha value is -3.50. The van der Waals surface area contributed by atoms with Gasteiger partial charge in [0.2, 0.25) is 0 Å². The van der Waals surface area contributed by atoms with Gasteiger partial charge in [0.25, 0.3) is 15.9 Å². The third-order valence-electron chi connectivity index (χ3n) is 5.37. The van der Waals surface area contributed by atoms with Crippen molar-refractivity contribution in [2.75, 3.05) is 12.3 Å². The second kappa shape index (κ2) is 8.45. The predicted molar refractivity (Wildman–Crippen MR) is 125 cm³/mol. The van der Waals surface area contributed by atoms with Gasteiger partial charge in [0.1, 0.15) is 4.90 Å². The van der Waals surface area contributed by atoms with Crippen molar-refractivity contribution in [2.45, 2.75) is 17.0 Å². The third kappa shape index (κ3) is 3.70. The lowest BCUT2D eigenvalue weighted by molar-refractivity contribution is 0.0876. The Labute approximate surface area is 195 Å². The number of benzene rings is 2. The van der Waals surface area contributed by atoms with Crippen LogP contribution < -0.4 is 0 Å². The maximum absolute atomic E-state index is 12.8. The average molecular weight is 478 g/mol. The molecule has 33 heavy (non-hydrogen) atoms. The Bertz CT molecular complexity index is 1450. The van der Waals surface area contributed by atoms with Gasteiger partial charge in [-0.1, -0.05) is 42.1 Å². The smallest absolute Gasteiger partial charge is 0.269 e. The molecule has 0 saturated carbocycles. The van der Waals surface area contributed by atoms with E-state index >= 15 is 0 Å². The van der Waals surface area contributed by atoms with Gasteiger partial charge in [0.15, 0.2) is 11.0 Å². The molecule has 3 heterocycles. The monoisotopic (exact) mass is 477 g/mol. The molecule has 10 heteroatoms. The number of fused-ring (bicyclic) bond motifs is 1. The molecule has 0 radical (unpaired) electrons. The number of para-hydroxylation sites is 1. The number of thioether (sulfide) groups is 1. The molecule has 0 aliphatic carbocycles. The molecule has 1 aliphatic heterocycles. The van der Waals surface area contributed by atoms with Crippen LogP contribution in [0, 0.1) is 6.92 Å². The second-order valence-electron chi connectivity index (χ2n) is 7.39. The molecule has 166 valence electrons. The van der Waals surface area contributed by atoms with Crippen molar-refractivity contribution in [1.82, 2.24) is 24.1 Å². The Balaban J connectivity index is 1.44. The highest BCUT2D eigenvalue weighted by Crippen LogP contribution is 2.32. The minimum atomic E-state index is -3.84. The second-order valence-corrected chi connectivity index (χ2v) is 10.3. The molecule has 0 saturated heterocycles. The normalized spacial score (nSPS) is 14.5. The molecule has 0 fully saturated rings. The van der Waals surface area contributed by atoms with Crippen molar-refractivity contribution in [3.63, 3.8) is 0 Å². The van der Waals surface area contributed by atoms with E-state index in [1.807, 2.05) is 47.9 Å². The third-order valence-corrected chi connectivity index (χ3v) is 8.12. The maximum Gasteiger partial charge on any atom is 0.269 e. The summed E-state index contributed by atoms with van der Waals surface area (Å²) in [6.07, 6.45) is 3.39. The number of carbonyl (C=O) groups excluding carboxylic acids is 1. The van der Waals surface area contributed by atoms with Gasteiger partial charge in [-0.15, -0.1) is 10.2 Å². The van der Waals surface area contributed by atoms with Crippen LogP contribution in [0.1, 0.15) is 15.9 Å². The lowest BCUT2D eigenvalue weighted by Crippen LogP contribution is -2.32. The number of pyridine rings is 1. The fraction of sp³-hybridized carbons (Fsp3) is 0.130. The van der Waals surface area contributed by atoms with Crippen molar-refractivity contribution in [1.29, 1.82) is 0 Å². The number of rotatable bonds is 6. The first-order chi connectivity index (χ1) is 16.0. The van der Waals surface area contributed by atoms with Crippen LogP contribution in [0.25, 0.3) is 17.1 Å². The summed E-state index contributed by atoms with van der Waals surface area (Å²) in [5, 5.41) is 9.38. The lowest BCUT2D eigenvalue weighted by atomic mass is 10.2. The highest BCUT2D eigenvalue weighted by Gasteiger charge is 2.40. The highest BCUT2D eigenvalue weighted by atomic mass is 32.2. The standard InChI is InChI=1S/C23H19N5O3S2/c1-16-6-2-4-8-19(16)28-21(17-10-12-24-13-11-17)25-26-23(28)32-15-14-27-22(29)18-7-3-5-9-20(18)33(27,30)31/h2-13H,14-15H2,1H3. The van der Waals surface area contributed by atoms with Gasteiger partial charge in [-0.3, -0.25) is 14.3 Å². The first kappa shape index (κ1) is 21.4. The molecule has 2 aromatic carbocycles. The lowest BCUT2D eigenvalue weighted by Gasteiger charge is -2.15. The number of amides is 1. The van der Waals surface area contributed by atoms with Gasteiger partial charge in [-0.25, -0.2) is 12.7 Å². The minimum absolute atomic E-state index is 0.0335. The van der Waals surface area contributed by atoms with E-state index in [4.69, 9.17) is 0 Å². The van der Waals surface area contributed by atoms with E-state index in [1.165, 1.54) is 23.9 Å². The van der Waals surface area contributed by atoms with Crippen molar-refractivity contribution < 1.29 is 13.2 Å². The molecule has 2 aromatic heterocycles. The van der Waals surface area contributed by atoms with E-state index in [0.717, 1.165) is 21.1 Å². The molecule has 0 bridgehead atoms. The first-order valence-electron chi connectivity index (χ1n) is 10.2. The molecular formula is C23H19N5O3S2. The molecule has 1 aliphatic rings. The Morgan fingerprint density at radius 1 is 0.939 bits per heavy atom. The van der Waals surface area contributed by atoms with Gasteiger partial charge >= 0.3 is 0 Å². The quantitative estimate of drug-likeness (QED) is 0.392. The fourth-order valence-electron chi connectivity index (χ4n) is 3.75. The van der Waals surface area contributed by atoms with E-state index in [0.29, 0.717) is 16.7 Å². The van der Waals surface area contributed by atoms with Crippen LogP contribution in [-0.2, 0) is 10.0 Å². The predicted octanol–water partition coefficient (Wildman–Crippen LogP) is 3.57. The van der Waals surface area contributed by atoms with Gasteiger partial charge < -0.3 is 0 Å². The van der Waals surface area contributed by atoms with Gasteiger partial charge in [-0.2, -0.15) is 0 Å². The number of aryl methyl sites for hydroxylation is 1. The number of hydrogen-bond acceptors (Lipinski definition) is 7. The van der Waals surface area contributed by atoms with Gasteiger partial charge in [0.05, 0.1) is 11.3 Å². The molecule has 0 N–H and O–H groups in total. The van der Waals surface area contributed by atoms with E-state index in [2.05, 4.69) is 15.2 Å². The van der Waals surface area contributed by atoms with Crippen molar-refractivity contribution in [3.05, 3.63) is 84.2 Å². The number of aromatic nitrogens is 4. The summed E-state index contributed by atoms with van der Waals surface area (Å²) in [7, 11) is -3.84. The number of carbonyl (C=O) groups is 1. The molecular weight excluding hydrogens is 458 g/mol. The van der Waals surface area contributed by atoms with E-state index < -0.39 is 15.9 Å². The van der Waals surface area contributed by atoms with E-state index in [9.17, 15) is 13.2 Å². The Kier molecular flexibility index (Phi) is 5.47. The van der Waals surface area contributed by atoms with Gasteiger partial charge in [0, 0.05) is 30.3 Å². The molecule has 4 aromatic rings. The van der Waals surface area contributed by atoms with Crippen LogP contribution in [-0.4, -0.2) is 50.7 Å². The average Bonchev–Trinajstić information content (AvgIpc) is 3.33. The largest absolute Gasteiger partial charge is 0.270 e. The molecule has 8 nitrogen and oxygen atoms in total. The zero-order chi connectivity index (χ0) is 23.0. The maximum atomic E-state index is 12.8. The van der Waals surface area contributed by atoms with Gasteiger partial charge in [-0.05, 0) is 42.8 Å². The molecule has 5 rings (SSSR count). The summed E-state index contributed by atoms with van der Waals surface area (Å²) in [6, 6.07) is 17.9. The summed E-state index contributed by atoms with van der Waals surface area (Å²) in [5.41, 5.74) is 3.04. The summed E-state index contributed by atoms with van der Waals surface area (Å²) >= 11 is 1.35. The summed E-state index contributed by atoms with van der Waals surface area (Å²) in [5.74, 6) is 0.495. The van der Waals surface area contributed by atoms with Crippen LogP contribution in [0.5, 0.6) is 0 Å². The highest BCUT2D eigenvalue weighted by molar-refractivity contribution is 7.99. The first-order valence-corrected chi connectivity index (χ1v) is 12.6. The summed E-state index contributed by atoms with van der Waals surface area (Å²) < 4.78 is 28.5. The Morgan fingerprint density at radius 2 is 1.67 bits per heavy atom. The van der Waals surface area contributed by atoms with Crippen LogP contribution in [0.15, 0.2) is 83.1 Å². The van der Waals surface area contributed by atoms with E-state index in [-0.39, 0.29) is 17.0 Å². The Morgan fingerprint density at radius 3 is 2.42 bits per heavy atom. The summed E-state index contributed by atoms with van der Waals surface area (Å²) in [4.78, 5) is 16.8. The number of sulfonamides is 1. The number of nitrogens with zero attached hydrogens (tertiary/aromatic N) is 5. The molecule has 1 amide bonds. The number of hydrogen-bond donors (Lipinski definition) is 0. The van der Waals surface area contributed by atoms with Crippen molar-refractivity contribution >= 4 is 27.7 Å².